The maximum atomic E-state index is 10.3. The van der Waals surface area contributed by atoms with E-state index in [9.17, 15) is 5.11 Å². The molecule has 0 aromatic carbocycles. The standard InChI is InChI=1S/C13H25NO2/c1-10-8-14(6-7-16-10)9-11-4-5-13(2,3)12(11)15/h10-12,15H,4-9H2,1-3H3. The van der Waals surface area contributed by atoms with Gasteiger partial charge in [0, 0.05) is 19.6 Å². The Balaban J connectivity index is 1.86. The number of hydrogen-bond donors (Lipinski definition) is 1. The summed E-state index contributed by atoms with van der Waals surface area (Å²) in [6, 6.07) is 0. The second-order valence-corrected chi connectivity index (χ2v) is 6.17. The first-order valence-corrected chi connectivity index (χ1v) is 6.51. The van der Waals surface area contributed by atoms with Crippen LogP contribution in [0.15, 0.2) is 0 Å². The van der Waals surface area contributed by atoms with E-state index in [1.54, 1.807) is 0 Å². The van der Waals surface area contributed by atoms with Crippen LogP contribution in [0.5, 0.6) is 0 Å². The van der Waals surface area contributed by atoms with Crippen molar-refractivity contribution in [1.82, 2.24) is 4.90 Å². The molecular formula is C13H25NO2. The van der Waals surface area contributed by atoms with Gasteiger partial charge in [-0.05, 0) is 31.1 Å². The Morgan fingerprint density at radius 1 is 1.44 bits per heavy atom. The maximum absolute atomic E-state index is 10.3. The summed E-state index contributed by atoms with van der Waals surface area (Å²) in [5.41, 5.74) is 0.114. The summed E-state index contributed by atoms with van der Waals surface area (Å²) in [6.07, 6.45) is 2.53. The summed E-state index contributed by atoms with van der Waals surface area (Å²) in [7, 11) is 0. The monoisotopic (exact) mass is 227 g/mol. The highest BCUT2D eigenvalue weighted by Gasteiger charge is 2.41. The Morgan fingerprint density at radius 2 is 2.19 bits per heavy atom. The number of aliphatic hydroxyl groups is 1. The van der Waals surface area contributed by atoms with Gasteiger partial charge in [0.2, 0.25) is 0 Å². The van der Waals surface area contributed by atoms with Gasteiger partial charge in [-0.1, -0.05) is 13.8 Å². The van der Waals surface area contributed by atoms with Crippen LogP contribution in [0.25, 0.3) is 0 Å². The molecule has 0 aromatic heterocycles. The molecule has 1 N–H and O–H groups in total. The van der Waals surface area contributed by atoms with Crippen molar-refractivity contribution in [2.45, 2.75) is 45.8 Å². The lowest BCUT2D eigenvalue weighted by Gasteiger charge is -2.34. The van der Waals surface area contributed by atoms with E-state index in [1.165, 1.54) is 6.42 Å². The Hall–Kier alpha value is -0.120. The minimum Gasteiger partial charge on any atom is -0.392 e. The first-order valence-electron chi connectivity index (χ1n) is 6.51. The summed E-state index contributed by atoms with van der Waals surface area (Å²) in [6.45, 7) is 10.4. The van der Waals surface area contributed by atoms with Crippen molar-refractivity contribution >= 4 is 0 Å². The first-order chi connectivity index (χ1) is 7.49. The summed E-state index contributed by atoms with van der Waals surface area (Å²) >= 11 is 0. The fraction of sp³-hybridized carbons (Fsp3) is 1.00. The zero-order chi connectivity index (χ0) is 11.8. The summed E-state index contributed by atoms with van der Waals surface area (Å²) in [5.74, 6) is 0.459. The minimum absolute atomic E-state index is 0.114. The van der Waals surface area contributed by atoms with Crippen LogP contribution in [0, 0.1) is 11.3 Å². The van der Waals surface area contributed by atoms with E-state index in [-0.39, 0.29) is 11.5 Å². The molecule has 1 aliphatic carbocycles. The van der Waals surface area contributed by atoms with Gasteiger partial charge in [0.25, 0.3) is 0 Å². The second kappa shape index (κ2) is 4.63. The molecule has 0 amide bonds. The second-order valence-electron chi connectivity index (χ2n) is 6.17. The number of nitrogens with zero attached hydrogens (tertiary/aromatic N) is 1. The van der Waals surface area contributed by atoms with Gasteiger partial charge in [-0.15, -0.1) is 0 Å². The molecule has 0 spiro atoms. The van der Waals surface area contributed by atoms with Crippen LogP contribution < -0.4 is 0 Å². The van der Waals surface area contributed by atoms with Crippen LogP contribution in [-0.4, -0.2) is 48.5 Å². The molecule has 2 aliphatic rings. The van der Waals surface area contributed by atoms with Crippen LogP contribution >= 0.6 is 0 Å². The average molecular weight is 227 g/mol. The zero-order valence-corrected chi connectivity index (χ0v) is 10.8. The summed E-state index contributed by atoms with van der Waals surface area (Å²) in [5, 5.41) is 10.3. The Kier molecular flexibility index (Phi) is 3.57. The van der Waals surface area contributed by atoms with Crippen molar-refractivity contribution in [3.05, 3.63) is 0 Å². The van der Waals surface area contributed by atoms with Crippen molar-refractivity contribution in [3.63, 3.8) is 0 Å². The number of aliphatic hydroxyl groups excluding tert-OH is 1. The molecule has 3 atom stereocenters. The van der Waals surface area contributed by atoms with Crippen LogP contribution in [0.1, 0.15) is 33.6 Å². The molecule has 0 radical (unpaired) electrons. The number of rotatable bonds is 2. The smallest absolute Gasteiger partial charge is 0.0674 e. The summed E-state index contributed by atoms with van der Waals surface area (Å²) in [4.78, 5) is 2.45. The van der Waals surface area contributed by atoms with Crippen LogP contribution in [0.2, 0.25) is 0 Å². The van der Waals surface area contributed by atoms with Gasteiger partial charge >= 0.3 is 0 Å². The van der Waals surface area contributed by atoms with E-state index in [2.05, 4.69) is 25.7 Å². The highest BCUT2D eigenvalue weighted by atomic mass is 16.5. The molecule has 2 fully saturated rings. The highest BCUT2D eigenvalue weighted by Crippen LogP contribution is 2.41. The van der Waals surface area contributed by atoms with Crippen molar-refractivity contribution in [3.8, 4) is 0 Å². The van der Waals surface area contributed by atoms with E-state index in [0.717, 1.165) is 32.7 Å². The van der Waals surface area contributed by atoms with Gasteiger partial charge < -0.3 is 9.84 Å². The Bertz CT molecular complexity index is 242. The van der Waals surface area contributed by atoms with Crippen LogP contribution in [0.4, 0.5) is 0 Å². The van der Waals surface area contributed by atoms with E-state index in [1.807, 2.05) is 0 Å². The molecular weight excluding hydrogens is 202 g/mol. The normalized spacial score (nSPS) is 40.1. The van der Waals surface area contributed by atoms with Crippen molar-refractivity contribution in [2.24, 2.45) is 11.3 Å². The lowest BCUT2D eigenvalue weighted by Crippen LogP contribution is -2.45. The van der Waals surface area contributed by atoms with Crippen molar-refractivity contribution < 1.29 is 9.84 Å². The molecule has 94 valence electrons. The van der Waals surface area contributed by atoms with Gasteiger partial charge in [0.05, 0.1) is 18.8 Å². The first kappa shape index (κ1) is 12.3. The lowest BCUT2D eigenvalue weighted by atomic mass is 9.87. The largest absolute Gasteiger partial charge is 0.392 e. The molecule has 3 nitrogen and oxygen atoms in total. The van der Waals surface area contributed by atoms with Gasteiger partial charge in [0.15, 0.2) is 0 Å². The van der Waals surface area contributed by atoms with Crippen LogP contribution in [0.3, 0.4) is 0 Å². The van der Waals surface area contributed by atoms with E-state index >= 15 is 0 Å². The minimum atomic E-state index is -0.134. The zero-order valence-electron chi connectivity index (χ0n) is 10.8. The Morgan fingerprint density at radius 3 is 2.75 bits per heavy atom. The van der Waals surface area contributed by atoms with Crippen molar-refractivity contribution in [2.75, 3.05) is 26.2 Å². The van der Waals surface area contributed by atoms with Gasteiger partial charge in [-0.2, -0.15) is 0 Å². The average Bonchev–Trinajstić information content (AvgIpc) is 2.45. The predicted octanol–water partition coefficient (Wildman–Crippen LogP) is 1.50. The molecule has 1 aliphatic heterocycles. The van der Waals surface area contributed by atoms with E-state index < -0.39 is 0 Å². The summed E-state index contributed by atoms with van der Waals surface area (Å²) < 4.78 is 5.54. The number of hydrogen-bond acceptors (Lipinski definition) is 3. The third-order valence-corrected chi connectivity index (χ3v) is 4.22. The Labute approximate surface area is 98.8 Å². The molecule has 0 aromatic rings. The molecule has 16 heavy (non-hydrogen) atoms. The van der Waals surface area contributed by atoms with Gasteiger partial charge in [-0.25, -0.2) is 0 Å². The SMILES string of the molecule is CC1CN(CC2CCC(C)(C)C2O)CCO1. The predicted molar refractivity (Wildman–Crippen MR) is 64.4 cm³/mol. The van der Waals surface area contributed by atoms with Crippen molar-refractivity contribution in [1.29, 1.82) is 0 Å². The molecule has 1 saturated carbocycles. The van der Waals surface area contributed by atoms with Gasteiger partial charge in [-0.3, -0.25) is 4.90 Å². The maximum Gasteiger partial charge on any atom is 0.0674 e. The molecule has 3 heteroatoms. The topological polar surface area (TPSA) is 32.7 Å². The molecule has 1 saturated heterocycles. The fourth-order valence-corrected chi connectivity index (χ4v) is 3.08. The number of ether oxygens (including phenoxy) is 1. The molecule has 0 bridgehead atoms. The van der Waals surface area contributed by atoms with Crippen LogP contribution in [-0.2, 0) is 4.74 Å². The fourth-order valence-electron chi connectivity index (χ4n) is 3.08. The van der Waals surface area contributed by atoms with Gasteiger partial charge in [0.1, 0.15) is 0 Å². The van der Waals surface area contributed by atoms with E-state index in [4.69, 9.17) is 4.74 Å². The molecule has 3 unspecified atom stereocenters. The third-order valence-electron chi connectivity index (χ3n) is 4.22. The molecule has 1 heterocycles. The number of morpholine rings is 1. The quantitative estimate of drug-likeness (QED) is 0.776. The lowest BCUT2D eigenvalue weighted by molar-refractivity contribution is -0.0349. The third kappa shape index (κ3) is 2.58. The molecule has 2 rings (SSSR count). The van der Waals surface area contributed by atoms with E-state index in [0.29, 0.717) is 12.0 Å². The highest BCUT2D eigenvalue weighted by molar-refractivity contribution is 4.92.